The molecule has 0 aliphatic carbocycles. The summed E-state index contributed by atoms with van der Waals surface area (Å²) >= 11 is 3.24. The second-order valence-corrected chi connectivity index (χ2v) is 3.67. The van der Waals surface area contributed by atoms with Gasteiger partial charge in [0.25, 0.3) is 0 Å². The highest BCUT2D eigenvalue weighted by Crippen LogP contribution is 2.13. The van der Waals surface area contributed by atoms with Gasteiger partial charge in [-0.1, -0.05) is 15.9 Å². The number of rotatable bonds is 3. The Morgan fingerprint density at radius 1 is 1.67 bits per heavy atom. The zero-order valence-corrected chi connectivity index (χ0v) is 9.74. The van der Waals surface area contributed by atoms with E-state index in [0.717, 1.165) is 4.47 Å². The Hall–Kier alpha value is -1.41. The second-order valence-electron chi connectivity index (χ2n) is 2.76. The molecule has 0 saturated carbocycles. The summed E-state index contributed by atoms with van der Waals surface area (Å²) < 4.78 is 5.51. The second kappa shape index (κ2) is 5.47. The smallest absolute Gasteiger partial charge is 0.311 e. The van der Waals surface area contributed by atoms with Gasteiger partial charge in [0.15, 0.2) is 0 Å². The third-order valence-electron chi connectivity index (χ3n) is 1.59. The Morgan fingerprint density at radius 3 is 3.00 bits per heavy atom. The normalized spacial score (nSPS) is 9.40. The Labute approximate surface area is 96.0 Å². The van der Waals surface area contributed by atoms with Crippen LogP contribution in [0.15, 0.2) is 16.6 Å². The highest BCUT2D eigenvalue weighted by Gasteiger charge is 2.07. The van der Waals surface area contributed by atoms with Gasteiger partial charge in [0.1, 0.15) is 11.8 Å². The van der Waals surface area contributed by atoms with Crippen LogP contribution < -0.4 is 0 Å². The maximum absolute atomic E-state index is 11.2. The van der Waals surface area contributed by atoms with Crippen LogP contribution in [0.5, 0.6) is 0 Å². The molecule has 78 valence electrons. The number of nitrogens with zero attached hydrogens (tertiary/aromatic N) is 2. The van der Waals surface area contributed by atoms with Gasteiger partial charge in [-0.25, -0.2) is 4.98 Å². The molecular formula is C10H9BrN2O2. The molecule has 1 heterocycles. The minimum Gasteiger partial charge on any atom is -0.466 e. The Bertz CT molecular complexity index is 412. The van der Waals surface area contributed by atoms with Crippen LogP contribution in [0.25, 0.3) is 0 Å². The van der Waals surface area contributed by atoms with E-state index >= 15 is 0 Å². The molecule has 0 unspecified atom stereocenters. The van der Waals surface area contributed by atoms with E-state index in [4.69, 9.17) is 10.00 Å². The molecule has 1 aromatic rings. The number of hydrogen-bond donors (Lipinski definition) is 0. The van der Waals surface area contributed by atoms with E-state index in [1.54, 1.807) is 19.1 Å². The summed E-state index contributed by atoms with van der Waals surface area (Å²) in [5, 5.41) is 8.67. The van der Waals surface area contributed by atoms with Crippen molar-refractivity contribution in [3.8, 4) is 6.07 Å². The van der Waals surface area contributed by atoms with E-state index in [1.807, 2.05) is 6.07 Å². The minimum atomic E-state index is -0.341. The van der Waals surface area contributed by atoms with Crippen molar-refractivity contribution in [2.24, 2.45) is 0 Å². The molecule has 0 atom stereocenters. The first-order valence-electron chi connectivity index (χ1n) is 4.38. The lowest BCUT2D eigenvalue weighted by atomic mass is 10.2. The highest BCUT2D eigenvalue weighted by atomic mass is 79.9. The van der Waals surface area contributed by atoms with E-state index < -0.39 is 0 Å². The van der Waals surface area contributed by atoms with Crippen LogP contribution in [0.1, 0.15) is 18.3 Å². The Balaban J connectivity index is 2.82. The Morgan fingerprint density at radius 2 is 2.40 bits per heavy atom. The van der Waals surface area contributed by atoms with E-state index in [0.29, 0.717) is 12.3 Å². The fraction of sp³-hybridized carbons (Fsp3) is 0.300. The monoisotopic (exact) mass is 268 g/mol. The number of carbonyl (C=O) groups is 1. The minimum absolute atomic E-state index is 0.0853. The molecule has 0 spiro atoms. The van der Waals surface area contributed by atoms with Crippen molar-refractivity contribution in [1.82, 2.24) is 4.98 Å². The lowest BCUT2D eigenvalue weighted by Crippen LogP contribution is -2.09. The van der Waals surface area contributed by atoms with Gasteiger partial charge < -0.3 is 4.74 Å². The molecule has 0 bridgehead atoms. The molecule has 0 saturated heterocycles. The predicted molar refractivity (Wildman–Crippen MR) is 57.0 cm³/mol. The van der Waals surface area contributed by atoms with Crippen LogP contribution in [0, 0.1) is 11.3 Å². The van der Waals surface area contributed by atoms with Gasteiger partial charge in [-0.15, -0.1) is 0 Å². The number of carbonyl (C=O) groups excluding carboxylic acids is 1. The molecule has 0 fully saturated rings. The predicted octanol–water partition coefficient (Wildman–Crippen LogP) is 1.82. The van der Waals surface area contributed by atoms with Gasteiger partial charge >= 0.3 is 5.97 Å². The third kappa shape index (κ3) is 3.68. The number of ether oxygens (including phenoxy) is 1. The van der Waals surface area contributed by atoms with Crippen molar-refractivity contribution >= 4 is 21.9 Å². The fourth-order valence-corrected chi connectivity index (χ4v) is 1.54. The zero-order valence-electron chi connectivity index (χ0n) is 8.16. The molecular weight excluding hydrogens is 260 g/mol. The molecule has 15 heavy (non-hydrogen) atoms. The first-order chi connectivity index (χ1) is 7.15. The number of esters is 1. The van der Waals surface area contributed by atoms with Crippen molar-refractivity contribution in [3.63, 3.8) is 0 Å². The number of hydrogen-bond acceptors (Lipinski definition) is 4. The van der Waals surface area contributed by atoms with Gasteiger partial charge in [-0.3, -0.25) is 4.79 Å². The maximum Gasteiger partial charge on any atom is 0.311 e. The standard InChI is InChI=1S/C10H9BrN2O2/c1-2-15-10(14)5-8-3-7(11)4-9(6-12)13-8/h3-4H,2,5H2,1H3. The van der Waals surface area contributed by atoms with Gasteiger partial charge in [0.05, 0.1) is 18.7 Å². The lowest BCUT2D eigenvalue weighted by Gasteiger charge is -2.02. The van der Waals surface area contributed by atoms with Crippen molar-refractivity contribution < 1.29 is 9.53 Å². The summed E-state index contributed by atoms with van der Waals surface area (Å²) in [5.41, 5.74) is 0.808. The largest absolute Gasteiger partial charge is 0.466 e. The Kier molecular flexibility index (Phi) is 4.25. The van der Waals surface area contributed by atoms with Gasteiger partial charge in [-0.05, 0) is 19.1 Å². The first-order valence-corrected chi connectivity index (χ1v) is 5.17. The van der Waals surface area contributed by atoms with Gasteiger partial charge in [0.2, 0.25) is 0 Å². The van der Waals surface area contributed by atoms with Crippen LogP contribution in [-0.4, -0.2) is 17.6 Å². The quantitative estimate of drug-likeness (QED) is 0.785. The molecule has 1 aromatic heterocycles. The number of halogens is 1. The summed E-state index contributed by atoms with van der Waals surface area (Å²) in [7, 11) is 0. The molecule has 5 heteroatoms. The average molecular weight is 269 g/mol. The highest BCUT2D eigenvalue weighted by molar-refractivity contribution is 9.10. The van der Waals surface area contributed by atoms with Crippen LogP contribution in [0.4, 0.5) is 0 Å². The van der Waals surface area contributed by atoms with Crippen molar-refractivity contribution in [3.05, 3.63) is 28.0 Å². The zero-order chi connectivity index (χ0) is 11.3. The fourth-order valence-electron chi connectivity index (χ4n) is 1.06. The average Bonchev–Trinajstić information content (AvgIpc) is 2.17. The van der Waals surface area contributed by atoms with Gasteiger partial charge in [-0.2, -0.15) is 5.26 Å². The van der Waals surface area contributed by atoms with Crippen LogP contribution >= 0.6 is 15.9 Å². The summed E-state index contributed by atoms with van der Waals surface area (Å²) in [6.07, 6.45) is 0.0853. The van der Waals surface area contributed by atoms with E-state index in [1.165, 1.54) is 0 Å². The third-order valence-corrected chi connectivity index (χ3v) is 2.05. The van der Waals surface area contributed by atoms with E-state index in [-0.39, 0.29) is 18.1 Å². The van der Waals surface area contributed by atoms with Crippen molar-refractivity contribution in [2.45, 2.75) is 13.3 Å². The number of nitriles is 1. The number of aromatic nitrogens is 1. The van der Waals surface area contributed by atoms with E-state index in [9.17, 15) is 4.79 Å². The molecule has 1 rings (SSSR count). The first kappa shape index (κ1) is 11.7. The summed E-state index contributed by atoms with van der Waals surface area (Å²) in [6.45, 7) is 2.09. The summed E-state index contributed by atoms with van der Waals surface area (Å²) in [5.74, 6) is -0.341. The van der Waals surface area contributed by atoms with Crippen molar-refractivity contribution in [2.75, 3.05) is 6.61 Å². The molecule has 0 aliphatic heterocycles. The van der Waals surface area contributed by atoms with E-state index in [2.05, 4.69) is 20.9 Å². The summed E-state index contributed by atoms with van der Waals surface area (Å²) in [4.78, 5) is 15.1. The SMILES string of the molecule is CCOC(=O)Cc1cc(Br)cc(C#N)n1. The number of pyridine rings is 1. The van der Waals surface area contributed by atoms with Crippen LogP contribution in [0.2, 0.25) is 0 Å². The van der Waals surface area contributed by atoms with Crippen LogP contribution in [0.3, 0.4) is 0 Å². The molecule has 0 N–H and O–H groups in total. The topological polar surface area (TPSA) is 63.0 Å². The summed E-state index contributed by atoms with van der Waals surface area (Å²) in [6, 6.07) is 5.20. The molecule has 4 nitrogen and oxygen atoms in total. The maximum atomic E-state index is 11.2. The lowest BCUT2D eigenvalue weighted by molar-refractivity contribution is -0.142. The molecule has 0 aliphatic rings. The van der Waals surface area contributed by atoms with Crippen LogP contribution in [-0.2, 0) is 16.0 Å². The molecule has 0 amide bonds. The molecule has 0 radical (unpaired) electrons. The van der Waals surface area contributed by atoms with Crippen molar-refractivity contribution in [1.29, 1.82) is 5.26 Å². The molecule has 0 aromatic carbocycles. The van der Waals surface area contributed by atoms with Gasteiger partial charge in [0, 0.05) is 4.47 Å².